The van der Waals surface area contributed by atoms with Gasteiger partial charge < -0.3 is 10.4 Å². The fourth-order valence-corrected chi connectivity index (χ4v) is 3.78. The number of hydrogen-bond donors (Lipinski definition) is 2. The molecular weight excluding hydrogens is 257 g/mol. The fraction of sp³-hybridized carbons (Fsp3) is 0.500. The van der Waals surface area contributed by atoms with Gasteiger partial charge in [-0.15, -0.1) is 0 Å². The molecular formula is C12H16FNO3S. The minimum absolute atomic E-state index is 0.0431. The summed E-state index contributed by atoms with van der Waals surface area (Å²) in [6, 6.07) is 3.34. The van der Waals surface area contributed by atoms with Gasteiger partial charge in [-0.05, 0) is 37.1 Å². The summed E-state index contributed by atoms with van der Waals surface area (Å²) in [5.41, 5.74) is 0.460. The van der Waals surface area contributed by atoms with Crippen molar-refractivity contribution in [1.82, 2.24) is 5.32 Å². The van der Waals surface area contributed by atoms with Crippen LogP contribution in [0.3, 0.4) is 0 Å². The van der Waals surface area contributed by atoms with Crippen LogP contribution in [-0.4, -0.2) is 31.9 Å². The molecule has 0 aliphatic carbocycles. The fourth-order valence-electron chi connectivity index (χ4n) is 2.18. The Morgan fingerprint density at radius 3 is 2.94 bits per heavy atom. The number of aliphatic hydroxyl groups is 1. The van der Waals surface area contributed by atoms with Gasteiger partial charge >= 0.3 is 0 Å². The molecule has 1 unspecified atom stereocenters. The van der Waals surface area contributed by atoms with Crippen LogP contribution in [0.4, 0.5) is 4.39 Å². The van der Waals surface area contributed by atoms with E-state index in [4.69, 9.17) is 5.11 Å². The number of hydrogen-bond acceptors (Lipinski definition) is 4. The normalized spacial score (nSPS) is 23.4. The quantitative estimate of drug-likeness (QED) is 0.807. The van der Waals surface area contributed by atoms with Crippen LogP contribution in [0.25, 0.3) is 0 Å². The molecule has 4 nitrogen and oxygen atoms in total. The smallest absolute Gasteiger partial charge is 0.178 e. The van der Waals surface area contributed by atoms with Crippen molar-refractivity contribution in [3.63, 3.8) is 0 Å². The number of sulfone groups is 1. The van der Waals surface area contributed by atoms with Gasteiger partial charge in [0.15, 0.2) is 9.84 Å². The highest BCUT2D eigenvalue weighted by atomic mass is 32.2. The number of aliphatic hydroxyl groups excluding tert-OH is 1. The molecule has 2 N–H and O–H groups in total. The van der Waals surface area contributed by atoms with Crippen LogP contribution in [0.1, 0.15) is 24.9 Å². The van der Waals surface area contributed by atoms with E-state index in [0.717, 1.165) is 6.07 Å². The Labute approximate surface area is 106 Å². The molecule has 2 rings (SSSR count). The standard InChI is InChI=1S/C12H16FNO3S/c1-8(7-15)14-11-4-5-18(16,17)12-3-2-9(13)6-10(11)12/h2-3,6,8,11,14-15H,4-5,7H2,1H3/t8-,11?/m1/s1. The van der Waals surface area contributed by atoms with Gasteiger partial charge in [0.05, 0.1) is 17.3 Å². The molecule has 0 fully saturated rings. The molecule has 1 heterocycles. The van der Waals surface area contributed by atoms with Gasteiger partial charge in [-0.3, -0.25) is 0 Å². The first-order valence-corrected chi connectivity index (χ1v) is 7.48. The average molecular weight is 273 g/mol. The van der Waals surface area contributed by atoms with Crippen LogP contribution in [0.2, 0.25) is 0 Å². The number of nitrogens with one attached hydrogen (secondary N) is 1. The Hall–Kier alpha value is -0.980. The zero-order chi connectivity index (χ0) is 13.3. The van der Waals surface area contributed by atoms with Gasteiger partial charge in [0.25, 0.3) is 0 Å². The van der Waals surface area contributed by atoms with Crippen LogP contribution in [0.15, 0.2) is 23.1 Å². The van der Waals surface area contributed by atoms with Crippen molar-refractivity contribution in [3.8, 4) is 0 Å². The molecule has 0 aromatic heterocycles. The second-order valence-corrected chi connectivity index (χ2v) is 6.67. The molecule has 1 aliphatic heterocycles. The highest BCUT2D eigenvalue weighted by Crippen LogP contribution is 2.32. The zero-order valence-electron chi connectivity index (χ0n) is 10.1. The van der Waals surface area contributed by atoms with E-state index in [1.807, 2.05) is 0 Å². The second-order valence-electron chi connectivity index (χ2n) is 4.59. The van der Waals surface area contributed by atoms with E-state index < -0.39 is 15.7 Å². The first-order valence-electron chi connectivity index (χ1n) is 5.83. The Bertz CT molecular complexity index is 544. The van der Waals surface area contributed by atoms with Crippen molar-refractivity contribution in [2.75, 3.05) is 12.4 Å². The van der Waals surface area contributed by atoms with E-state index in [0.29, 0.717) is 12.0 Å². The average Bonchev–Trinajstić information content (AvgIpc) is 2.32. The molecule has 1 aromatic rings. The monoisotopic (exact) mass is 273 g/mol. The van der Waals surface area contributed by atoms with Gasteiger partial charge in [-0.2, -0.15) is 0 Å². The minimum Gasteiger partial charge on any atom is -0.395 e. The Kier molecular flexibility index (Phi) is 3.70. The Morgan fingerprint density at radius 2 is 2.28 bits per heavy atom. The maximum absolute atomic E-state index is 13.3. The van der Waals surface area contributed by atoms with E-state index in [1.54, 1.807) is 6.92 Å². The van der Waals surface area contributed by atoms with Crippen molar-refractivity contribution in [2.45, 2.75) is 30.3 Å². The minimum atomic E-state index is -3.30. The Morgan fingerprint density at radius 1 is 1.56 bits per heavy atom. The summed E-state index contributed by atoms with van der Waals surface area (Å²) in [6.07, 6.45) is 0.392. The first-order chi connectivity index (χ1) is 8.44. The lowest BCUT2D eigenvalue weighted by Gasteiger charge is -2.28. The summed E-state index contributed by atoms with van der Waals surface area (Å²) in [5.74, 6) is -0.407. The number of halogens is 1. The second kappa shape index (κ2) is 4.95. The summed E-state index contributed by atoms with van der Waals surface area (Å²) < 4.78 is 37.0. The Balaban J connectivity index is 2.41. The van der Waals surface area contributed by atoms with Gasteiger partial charge in [0.2, 0.25) is 0 Å². The lowest BCUT2D eigenvalue weighted by molar-refractivity contribution is 0.238. The van der Waals surface area contributed by atoms with Crippen molar-refractivity contribution in [1.29, 1.82) is 0 Å². The maximum Gasteiger partial charge on any atom is 0.178 e. The van der Waals surface area contributed by atoms with Crippen LogP contribution in [0, 0.1) is 5.82 Å². The third-order valence-corrected chi connectivity index (χ3v) is 4.93. The van der Waals surface area contributed by atoms with Gasteiger partial charge in [0, 0.05) is 12.1 Å². The van der Waals surface area contributed by atoms with E-state index in [9.17, 15) is 12.8 Å². The lowest BCUT2D eigenvalue weighted by Crippen LogP contribution is -2.37. The third kappa shape index (κ3) is 2.55. The largest absolute Gasteiger partial charge is 0.395 e. The molecule has 0 amide bonds. The SMILES string of the molecule is C[C@H](CO)NC1CCS(=O)(=O)c2ccc(F)cc21. The predicted molar refractivity (Wildman–Crippen MR) is 65.5 cm³/mol. The van der Waals surface area contributed by atoms with E-state index >= 15 is 0 Å². The van der Waals surface area contributed by atoms with Crippen molar-refractivity contribution >= 4 is 9.84 Å². The summed E-state index contributed by atoms with van der Waals surface area (Å²) in [6.45, 7) is 1.75. The van der Waals surface area contributed by atoms with Gasteiger partial charge in [-0.25, -0.2) is 12.8 Å². The number of benzene rings is 1. The molecule has 6 heteroatoms. The van der Waals surface area contributed by atoms with Crippen LogP contribution in [0.5, 0.6) is 0 Å². The van der Waals surface area contributed by atoms with E-state index in [-0.39, 0.29) is 29.3 Å². The summed E-state index contributed by atoms with van der Waals surface area (Å²) in [4.78, 5) is 0.192. The summed E-state index contributed by atoms with van der Waals surface area (Å²) in [7, 11) is -3.30. The van der Waals surface area contributed by atoms with Crippen LogP contribution in [-0.2, 0) is 9.84 Å². The van der Waals surface area contributed by atoms with Crippen LogP contribution >= 0.6 is 0 Å². The molecule has 0 bridgehead atoms. The molecule has 18 heavy (non-hydrogen) atoms. The van der Waals surface area contributed by atoms with Gasteiger partial charge in [0.1, 0.15) is 5.82 Å². The highest BCUT2D eigenvalue weighted by Gasteiger charge is 2.31. The third-order valence-electron chi connectivity index (χ3n) is 3.12. The predicted octanol–water partition coefficient (Wildman–Crippen LogP) is 1.01. The van der Waals surface area contributed by atoms with Crippen molar-refractivity contribution in [3.05, 3.63) is 29.6 Å². The number of fused-ring (bicyclic) bond motifs is 1. The maximum atomic E-state index is 13.3. The van der Waals surface area contributed by atoms with Crippen LogP contribution < -0.4 is 5.32 Å². The van der Waals surface area contributed by atoms with Gasteiger partial charge in [-0.1, -0.05) is 0 Å². The summed E-state index contributed by atoms with van der Waals surface area (Å²) >= 11 is 0. The molecule has 0 saturated heterocycles. The number of rotatable bonds is 3. The van der Waals surface area contributed by atoms with E-state index in [2.05, 4.69) is 5.32 Å². The topological polar surface area (TPSA) is 66.4 Å². The highest BCUT2D eigenvalue weighted by molar-refractivity contribution is 7.91. The lowest BCUT2D eigenvalue weighted by atomic mass is 10.0. The van der Waals surface area contributed by atoms with Crippen molar-refractivity contribution in [2.24, 2.45) is 0 Å². The van der Waals surface area contributed by atoms with Crippen molar-refractivity contribution < 1.29 is 17.9 Å². The zero-order valence-corrected chi connectivity index (χ0v) is 10.9. The summed E-state index contributed by atoms with van der Waals surface area (Å²) in [5, 5.41) is 12.1. The molecule has 0 saturated carbocycles. The molecule has 100 valence electrons. The molecule has 1 aromatic carbocycles. The molecule has 0 spiro atoms. The molecule has 1 aliphatic rings. The molecule has 0 radical (unpaired) electrons. The van der Waals surface area contributed by atoms with E-state index in [1.165, 1.54) is 12.1 Å². The first kappa shape index (κ1) is 13.5. The molecule has 2 atom stereocenters.